The SMILES string of the molecule is C[C@H]1C[C@@]2(CCN1Cc1cnn(CCc3ccc(F)cn3)c1)OCCc1c2sc(C(F)(F)F)c1CO. The van der Waals surface area contributed by atoms with Gasteiger partial charge in [0.2, 0.25) is 0 Å². The normalized spacial score (nSPS) is 22.8. The van der Waals surface area contributed by atoms with E-state index in [4.69, 9.17) is 4.74 Å². The maximum absolute atomic E-state index is 13.7. The first-order chi connectivity index (χ1) is 17.2. The molecular weight excluding hydrogens is 496 g/mol. The molecule has 0 unspecified atom stereocenters. The van der Waals surface area contributed by atoms with Gasteiger partial charge in [0, 0.05) is 60.0 Å². The van der Waals surface area contributed by atoms with Crippen molar-refractivity contribution in [3.8, 4) is 0 Å². The number of piperidine rings is 1. The third-order valence-electron chi connectivity index (χ3n) is 7.19. The topological polar surface area (TPSA) is 63.4 Å². The fraction of sp³-hybridized carbons (Fsp3) is 0.520. The van der Waals surface area contributed by atoms with Gasteiger partial charge in [-0.3, -0.25) is 14.6 Å². The highest BCUT2D eigenvalue weighted by molar-refractivity contribution is 7.12. The van der Waals surface area contributed by atoms with Crippen molar-refractivity contribution in [2.45, 2.75) is 70.1 Å². The predicted molar refractivity (Wildman–Crippen MR) is 126 cm³/mol. The minimum Gasteiger partial charge on any atom is -0.392 e. The summed E-state index contributed by atoms with van der Waals surface area (Å²) in [5.41, 5.74) is 1.74. The van der Waals surface area contributed by atoms with Crippen molar-refractivity contribution in [2.24, 2.45) is 0 Å². The summed E-state index contributed by atoms with van der Waals surface area (Å²) in [7, 11) is 0. The number of halogens is 4. The van der Waals surface area contributed by atoms with Crippen LogP contribution in [0.15, 0.2) is 30.7 Å². The first-order valence-electron chi connectivity index (χ1n) is 12.0. The zero-order valence-corrected chi connectivity index (χ0v) is 20.7. The van der Waals surface area contributed by atoms with Crippen LogP contribution < -0.4 is 0 Å². The lowest BCUT2D eigenvalue weighted by atomic mass is 9.81. The van der Waals surface area contributed by atoms with E-state index >= 15 is 0 Å². The van der Waals surface area contributed by atoms with Gasteiger partial charge in [-0.25, -0.2) is 4.39 Å². The molecule has 0 bridgehead atoms. The second kappa shape index (κ2) is 9.85. The molecule has 0 aliphatic carbocycles. The lowest BCUT2D eigenvalue weighted by molar-refractivity contribution is -0.135. The van der Waals surface area contributed by atoms with Crippen molar-refractivity contribution in [1.82, 2.24) is 19.7 Å². The second-order valence-electron chi connectivity index (χ2n) is 9.57. The molecule has 6 nitrogen and oxygen atoms in total. The summed E-state index contributed by atoms with van der Waals surface area (Å²) in [5.74, 6) is -0.360. The summed E-state index contributed by atoms with van der Waals surface area (Å²) >= 11 is 0.746. The van der Waals surface area contributed by atoms with Gasteiger partial charge in [0.15, 0.2) is 0 Å². The molecule has 36 heavy (non-hydrogen) atoms. The Bertz CT molecular complexity index is 1210. The maximum atomic E-state index is 13.7. The first kappa shape index (κ1) is 25.3. The number of aryl methyl sites for hydroxylation is 2. The molecule has 0 aromatic carbocycles. The van der Waals surface area contributed by atoms with Crippen LogP contribution >= 0.6 is 11.3 Å². The van der Waals surface area contributed by atoms with Crippen LogP contribution in [0.3, 0.4) is 0 Å². The number of pyridine rings is 1. The zero-order chi connectivity index (χ0) is 25.5. The van der Waals surface area contributed by atoms with Crippen molar-refractivity contribution in [1.29, 1.82) is 0 Å². The summed E-state index contributed by atoms with van der Waals surface area (Å²) < 4.78 is 62.0. The molecule has 194 valence electrons. The number of nitrogens with zero attached hydrogens (tertiary/aromatic N) is 4. The smallest absolute Gasteiger partial charge is 0.392 e. The number of ether oxygens (including phenoxy) is 1. The van der Waals surface area contributed by atoms with E-state index in [0.717, 1.165) is 22.6 Å². The minimum atomic E-state index is -4.49. The summed E-state index contributed by atoms with van der Waals surface area (Å²) in [5, 5.41) is 14.2. The Kier molecular flexibility index (Phi) is 6.92. The summed E-state index contributed by atoms with van der Waals surface area (Å²) in [6.07, 6.45) is 2.75. The molecule has 1 saturated heterocycles. The molecular formula is C25H28F4N4O2S. The number of likely N-dealkylation sites (tertiary alicyclic amines) is 1. The molecule has 3 aromatic rings. The summed E-state index contributed by atoms with van der Waals surface area (Å²) in [6.45, 7) is 3.81. The highest BCUT2D eigenvalue weighted by Crippen LogP contribution is 2.51. The molecule has 0 amide bonds. The number of thiophene rings is 1. The predicted octanol–water partition coefficient (Wildman–Crippen LogP) is 4.69. The Morgan fingerprint density at radius 2 is 2.11 bits per heavy atom. The number of aliphatic hydroxyl groups is 1. The molecule has 1 spiro atoms. The fourth-order valence-electron chi connectivity index (χ4n) is 5.40. The average molecular weight is 525 g/mol. The monoisotopic (exact) mass is 524 g/mol. The van der Waals surface area contributed by atoms with E-state index in [-0.39, 0.29) is 17.4 Å². The van der Waals surface area contributed by atoms with Crippen LogP contribution in [0.1, 0.15) is 51.9 Å². The van der Waals surface area contributed by atoms with Crippen LogP contribution in [0.5, 0.6) is 0 Å². The molecule has 2 atom stereocenters. The van der Waals surface area contributed by atoms with Crippen LogP contribution in [0.25, 0.3) is 0 Å². The Morgan fingerprint density at radius 1 is 1.28 bits per heavy atom. The number of aromatic nitrogens is 3. The average Bonchev–Trinajstić information content (AvgIpc) is 3.46. The van der Waals surface area contributed by atoms with Gasteiger partial charge in [0.25, 0.3) is 0 Å². The number of rotatable bonds is 6. The standard InChI is InChI=1S/C25H28F4N4O2S/c1-16-10-24(22-20(5-9-35-24)21(15-34)23(36-22)25(27,28)29)6-8-32(16)13-17-11-31-33(14-17)7-4-19-3-2-18(26)12-30-19/h2-3,11-12,14,16,34H,4-10,13,15H2,1H3/t16-,24+/m0/s1. The Balaban J connectivity index is 1.26. The Hall–Kier alpha value is -2.34. The molecule has 11 heteroatoms. The van der Waals surface area contributed by atoms with E-state index in [1.807, 2.05) is 17.1 Å². The number of fused-ring (bicyclic) bond motifs is 2. The third kappa shape index (κ3) is 4.93. The highest BCUT2D eigenvalue weighted by atomic mass is 32.1. The first-order valence-corrected chi connectivity index (χ1v) is 12.8. The molecule has 3 aromatic heterocycles. The van der Waals surface area contributed by atoms with E-state index in [9.17, 15) is 22.7 Å². The van der Waals surface area contributed by atoms with Crippen LogP contribution in [0.4, 0.5) is 17.6 Å². The quantitative estimate of drug-likeness (QED) is 0.475. The van der Waals surface area contributed by atoms with Gasteiger partial charge in [-0.1, -0.05) is 0 Å². The molecule has 2 aliphatic heterocycles. The van der Waals surface area contributed by atoms with Gasteiger partial charge in [0.05, 0.1) is 25.6 Å². The summed E-state index contributed by atoms with van der Waals surface area (Å²) in [6, 6.07) is 3.15. The molecule has 0 saturated carbocycles. The van der Waals surface area contributed by atoms with Crippen molar-refractivity contribution >= 4 is 11.3 Å². The number of hydrogen-bond acceptors (Lipinski definition) is 6. The second-order valence-corrected chi connectivity index (χ2v) is 10.6. The van der Waals surface area contributed by atoms with Gasteiger partial charge in [-0.2, -0.15) is 18.3 Å². The molecule has 5 heterocycles. The van der Waals surface area contributed by atoms with Gasteiger partial charge < -0.3 is 9.84 Å². The molecule has 1 fully saturated rings. The lowest BCUT2D eigenvalue weighted by Crippen LogP contribution is -2.50. The van der Waals surface area contributed by atoms with Gasteiger partial charge >= 0.3 is 6.18 Å². The van der Waals surface area contributed by atoms with Crippen LogP contribution in [0.2, 0.25) is 0 Å². The Morgan fingerprint density at radius 3 is 2.81 bits per heavy atom. The highest BCUT2D eigenvalue weighted by Gasteiger charge is 2.48. The molecule has 0 radical (unpaired) electrons. The fourth-order valence-corrected chi connectivity index (χ4v) is 6.80. The van der Waals surface area contributed by atoms with Gasteiger partial charge in [0.1, 0.15) is 16.3 Å². The molecule has 2 aliphatic rings. The number of hydrogen-bond donors (Lipinski definition) is 1. The maximum Gasteiger partial charge on any atom is 0.425 e. The Labute approximate surface area is 210 Å². The number of alkyl halides is 3. The lowest BCUT2D eigenvalue weighted by Gasteiger charge is -2.47. The van der Waals surface area contributed by atoms with E-state index in [0.29, 0.717) is 62.4 Å². The minimum absolute atomic E-state index is 0.0171. The van der Waals surface area contributed by atoms with E-state index in [1.165, 1.54) is 12.3 Å². The van der Waals surface area contributed by atoms with Gasteiger partial charge in [-0.15, -0.1) is 11.3 Å². The van der Waals surface area contributed by atoms with Crippen molar-refractivity contribution in [3.05, 3.63) is 68.7 Å². The van der Waals surface area contributed by atoms with Crippen LogP contribution in [-0.4, -0.2) is 44.0 Å². The van der Waals surface area contributed by atoms with E-state index in [1.54, 1.807) is 6.07 Å². The van der Waals surface area contributed by atoms with Crippen molar-refractivity contribution in [2.75, 3.05) is 13.2 Å². The van der Waals surface area contributed by atoms with Crippen LogP contribution in [0, 0.1) is 5.82 Å². The van der Waals surface area contributed by atoms with E-state index < -0.39 is 23.3 Å². The molecule has 1 N–H and O–H groups in total. The zero-order valence-electron chi connectivity index (χ0n) is 19.9. The third-order valence-corrected chi connectivity index (χ3v) is 8.69. The van der Waals surface area contributed by atoms with E-state index in [2.05, 4.69) is 21.9 Å². The number of aliphatic hydroxyl groups excluding tert-OH is 1. The van der Waals surface area contributed by atoms with Gasteiger partial charge in [-0.05, 0) is 43.9 Å². The largest absolute Gasteiger partial charge is 0.425 e. The summed E-state index contributed by atoms with van der Waals surface area (Å²) in [4.78, 5) is 6.32. The molecule has 5 rings (SSSR count). The van der Waals surface area contributed by atoms with Crippen LogP contribution in [-0.2, 0) is 49.1 Å². The van der Waals surface area contributed by atoms with Crippen molar-refractivity contribution in [3.63, 3.8) is 0 Å². The van der Waals surface area contributed by atoms with Crippen molar-refractivity contribution < 1.29 is 27.4 Å².